The van der Waals surface area contributed by atoms with Crippen LogP contribution >= 0.6 is 22.9 Å². The molecule has 0 aliphatic carbocycles. The van der Waals surface area contributed by atoms with E-state index in [9.17, 15) is 4.79 Å². The summed E-state index contributed by atoms with van der Waals surface area (Å²) < 4.78 is 2.76. The van der Waals surface area contributed by atoms with Crippen LogP contribution in [0.25, 0.3) is 10.9 Å². The van der Waals surface area contributed by atoms with Crippen LogP contribution in [0, 0.1) is 0 Å². The summed E-state index contributed by atoms with van der Waals surface area (Å²) in [6.45, 7) is 3.00. The molecular weight excluding hydrogens is 292 g/mol. The summed E-state index contributed by atoms with van der Waals surface area (Å²) in [7, 11) is 0. The number of carbonyl (C=O) groups is 1. The van der Waals surface area contributed by atoms with E-state index in [0.717, 1.165) is 17.7 Å². The molecule has 0 atom stereocenters. The van der Waals surface area contributed by atoms with Crippen LogP contribution in [0.4, 0.5) is 5.69 Å². The van der Waals surface area contributed by atoms with E-state index in [2.05, 4.69) is 29.1 Å². The van der Waals surface area contributed by atoms with Crippen molar-refractivity contribution in [3.05, 3.63) is 51.8 Å². The molecule has 2 heterocycles. The molecule has 0 unspecified atom stereocenters. The minimum Gasteiger partial charge on any atom is -0.348 e. The van der Waals surface area contributed by atoms with Crippen molar-refractivity contribution in [3.8, 4) is 0 Å². The number of fused-ring (bicyclic) bond motifs is 1. The Labute approximate surface area is 125 Å². The van der Waals surface area contributed by atoms with Gasteiger partial charge < -0.3 is 9.88 Å². The quantitative estimate of drug-likeness (QED) is 0.752. The zero-order chi connectivity index (χ0) is 14.1. The van der Waals surface area contributed by atoms with Gasteiger partial charge in [-0.05, 0) is 42.6 Å². The molecule has 3 rings (SSSR count). The summed E-state index contributed by atoms with van der Waals surface area (Å²) in [5.74, 6) is -0.129. The smallest absolute Gasteiger partial charge is 0.265 e. The highest BCUT2D eigenvalue weighted by molar-refractivity contribution is 7.18. The molecule has 0 fully saturated rings. The number of thiophene rings is 1. The van der Waals surface area contributed by atoms with Gasteiger partial charge in [0.2, 0.25) is 0 Å². The maximum absolute atomic E-state index is 12.1. The van der Waals surface area contributed by atoms with Crippen molar-refractivity contribution < 1.29 is 4.79 Å². The molecule has 0 bridgehead atoms. The first-order valence-corrected chi connectivity index (χ1v) is 7.52. The number of nitrogens with zero attached hydrogens (tertiary/aromatic N) is 1. The summed E-state index contributed by atoms with van der Waals surface area (Å²) in [5, 5.41) is 4.07. The summed E-state index contributed by atoms with van der Waals surface area (Å²) in [4.78, 5) is 12.7. The molecule has 5 heteroatoms. The van der Waals surface area contributed by atoms with E-state index in [0.29, 0.717) is 9.21 Å². The van der Waals surface area contributed by atoms with Crippen molar-refractivity contribution in [2.75, 3.05) is 5.32 Å². The Kier molecular flexibility index (Phi) is 3.51. The number of anilines is 1. The van der Waals surface area contributed by atoms with Gasteiger partial charge in [-0.3, -0.25) is 4.79 Å². The highest BCUT2D eigenvalue weighted by Gasteiger charge is 2.09. The van der Waals surface area contributed by atoms with Gasteiger partial charge >= 0.3 is 0 Å². The van der Waals surface area contributed by atoms with Gasteiger partial charge in [-0.2, -0.15) is 0 Å². The summed E-state index contributed by atoms with van der Waals surface area (Å²) in [6.07, 6.45) is 2.05. The minimum absolute atomic E-state index is 0.129. The van der Waals surface area contributed by atoms with Gasteiger partial charge in [0, 0.05) is 18.4 Å². The van der Waals surface area contributed by atoms with Crippen LogP contribution in [0.5, 0.6) is 0 Å². The van der Waals surface area contributed by atoms with E-state index < -0.39 is 0 Å². The summed E-state index contributed by atoms with van der Waals surface area (Å²) in [6, 6.07) is 11.4. The lowest BCUT2D eigenvalue weighted by molar-refractivity contribution is 0.103. The summed E-state index contributed by atoms with van der Waals surface area (Å²) >= 11 is 7.12. The lowest BCUT2D eigenvalue weighted by Gasteiger charge is -2.06. The lowest BCUT2D eigenvalue weighted by atomic mass is 10.2. The first-order chi connectivity index (χ1) is 9.67. The Balaban J connectivity index is 1.88. The second kappa shape index (κ2) is 5.31. The predicted molar refractivity (Wildman–Crippen MR) is 84.9 cm³/mol. The molecule has 3 nitrogen and oxygen atoms in total. The molecule has 20 heavy (non-hydrogen) atoms. The molecule has 102 valence electrons. The van der Waals surface area contributed by atoms with Gasteiger partial charge in [0.05, 0.1) is 14.7 Å². The molecule has 0 aliphatic rings. The third-order valence-electron chi connectivity index (χ3n) is 3.17. The average Bonchev–Trinajstić information content (AvgIpc) is 3.04. The number of carbonyl (C=O) groups excluding carboxylic acids is 1. The second-order valence-electron chi connectivity index (χ2n) is 4.43. The minimum atomic E-state index is -0.129. The zero-order valence-corrected chi connectivity index (χ0v) is 12.5. The lowest BCUT2D eigenvalue weighted by Crippen LogP contribution is -2.10. The Hall–Kier alpha value is -1.78. The van der Waals surface area contributed by atoms with Crippen LogP contribution in [-0.2, 0) is 6.54 Å². The van der Waals surface area contributed by atoms with E-state index in [1.54, 1.807) is 12.1 Å². The van der Waals surface area contributed by atoms with Gasteiger partial charge in [-0.25, -0.2) is 0 Å². The molecular formula is C15H13ClN2OS. The molecule has 0 saturated carbocycles. The number of aryl methyl sites for hydroxylation is 1. The van der Waals surface area contributed by atoms with Crippen molar-refractivity contribution in [2.45, 2.75) is 13.5 Å². The van der Waals surface area contributed by atoms with Crippen molar-refractivity contribution >= 4 is 45.4 Å². The molecule has 0 radical (unpaired) electrons. The van der Waals surface area contributed by atoms with Crippen molar-refractivity contribution in [2.24, 2.45) is 0 Å². The standard InChI is InChI=1S/C15H13ClN2OS/c1-2-18-8-7-10-3-4-11(9-12(10)18)17-15(19)13-5-6-14(16)20-13/h3-9H,2H2,1H3,(H,17,19). The molecule has 1 N–H and O–H groups in total. The number of rotatable bonds is 3. The van der Waals surface area contributed by atoms with Crippen molar-refractivity contribution in [1.82, 2.24) is 4.57 Å². The fourth-order valence-corrected chi connectivity index (χ4v) is 3.10. The number of hydrogen-bond acceptors (Lipinski definition) is 2. The van der Waals surface area contributed by atoms with Crippen LogP contribution in [-0.4, -0.2) is 10.5 Å². The van der Waals surface area contributed by atoms with Crippen molar-refractivity contribution in [3.63, 3.8) is 0 Å². The summed E-state index contributed by atoms with van der Waals surface area (Å²) in [5.41, 5.74) is 1.91. The molecule has 1 aromatic carbocycles. The predicted octanol–water partition coefficient (Wildman–Crippen LogP) is 4.63. The Bertz CT molecular complexity index is 775. The normalized spacial score (nSPS) is 10.9. The monoisotopic (exact) mass is 304 g/mol. The highest BCUT2D eigenvalue weighted by atomic mass is 35.5. The number of benzene rings is 1. The van der Waals surface area contributed by atoms with Crippen LogP contribution in [0.15, 0.2) is 42.6 Å². The SMILES string of the molecule is CCn1ccc2ccc(NC(=O)c3ccc(Cl)s3)cc21. The first kappa shape index (κ1) is 13.2. The molecule has 3 aromatic rings. The van der Waals surface area contributed by atoms with Gasteiger partial charge in [0.25, 0.3) is 5.91 Å². The third-order valence-corrected chi connectivity index (χ3v) is 4.40. The van der Waals surface area contributed by atoms with E-state index in [4.69, 9.17) is 11.6 Å². The maximum atomic E-state index is 12.1. The van der Waals surface area contributed by atoms with E-state index >= 15 is 0 Å². The van der Waals surface area contributed by atoms with Crippen molar-refractivity contribution in [1.29, 1.82) is 0 Å². The molecule has 0 aliphatic heterocycles. The van der Waals surface area contributed by atoms with Crippen LogP contribution in [0.3, 0.4) is 0 Å². The molecule has 1 amide bonds. The van der Waals surface area contributed by atoms with Gasteiger partial charge in [-0.15, -0.1) is 11.3 Å². The Morgan fingerprint density at radius 2 is 2.15 bits per heavy atom. The van der Waals surface area contributed by atoms with Crippen LogP contribution in [0.1, 0.15) is 16.6 Å². The molecule has 0 saturated heterocycles. The van der Waals surface area contributed by atoms with E-state index in [-0.39, 0.29) is 5.91 Å². The number of hydrogen-bond donors (Lipinski definition) is 1. The van der Waals surface area contributed by atoms with Gasteiger partial charge in [0.15, 0.2) is 0 Å². The Morgan fingerprint density at radius 1 is 1.30 bits per heavy atom. The van der Waals surface area contributed by atoms with Gasteiger partial charge in [0.1, 0.15) is 0 Å². The third kappa shape index (κ3) is 2.44. The zero-order valence-electron chi connectivity index (χ0n) is 10.9. The van der Waals surface area contributed by atoms with E-state index in [1.165, 1.54) is 16.7 Å². The largest absolute Gasteiger partial charge is 0.348 e. The van der Waals surface area contributed by atoms with Gasteiger partial charge in [-0.1, -0.05) is 17.7 Å². The van der Waals surface area contributed by atoms with Crippen LogP contribution < -0.4 is 5.32 Å². The number of halogens is 1. The fourth-order valence-electron chi connectivity index (χ4n) is 2.17. The average molecular weight is 305 g/mol. The number of nitrogens with one attached hydrogen (secondary N) is 1. The molecule has 0 spiro atoms. The second-order valence-corrected chi connectivity index (χ2v) is 6.15. The highest BCUT2D eigenvalue weighted by Crippen LogP contribution is 2.24. The Morgan fingerprint density at radius 3 is 2.85 bits per heavy atom. The topological polar surface area (TPSA) is 34.0 Å². The van der Waals surface area contributed by atoms with Crippen LogP contribution in [0.2, 0.25) is 4.34 Å². The fraction of sp³-hybridized carbons (Fsp3) is 0.133. The maximum Gasteiger partial charge on any atom is 0.265 e. The number of amides is 1. The number of aromatic nitrogens is 1. The first-order valence-electron chi connectivity index (χ1n) is 6.33. The van der Waals surface area contributed by atoms with E-state index in [1.807, 2.05) is 18.2 Å². The molecule has 2 aromatic heterocycles.